The highest BCUT2D eigenvalue weighted by molar-refractivity contribution is 5.78. The number of β-amino-alcohol motifs (C(OH)–C–C–N with tert-alkyl or cyclic N) is 1. The van der Waals surface area contributed by atoms with E-state index in [1.165, 1.54) is 7.11 Å². The molecule has 2 N–H and O–H groups in total. The number of benzene rings is 1. The second kappa shape index (κ2) is 6.13. The number of hydrogen-bond acceptors (Lipinski definition) is 4. The largest absolute Gasteiger partial charge is 0.479 e. The molecule has 1 fully saturated rings. The molecule has 1 aromatic carbocycles. The van der Waals surface area contributed by atoms with E-state index in [4.69, 9.17) is 4.74 Å². The lowest BCUT2D eigenvalue weighted by Crippen LogP contribution is -2.43. The average molecular weight is 293 g/mol. The Morgan fingerprint density at radius 3 is 2.48 bits per heavy atom. The lowest BCUT2D eigenvalue weighted by Gasteiger charge is -2.24. The number of rotatable bonds is 5. The van der Waals surface area contributed by atoms with Crippen molar-refractivity contribution in [1.29, 1.82) is 0 Å². The van der Waals surface area contributed by atoms with Crippen molar-refractivity contribution in [1.82, 2.24) is 4.90 Å². The second-order valence-electron chi connectivity index (χ2n) is 5.93. The number of methoxy groups -OCH3 is 1. The number of ether oxygens (including phenoxy) is 1. The van der Waals surface area contributed by atoms with E-state index in [0.29, 0.717) is 26.1 Å². The number of carbonyl (C=O) groups is 1. The maximum atomic E-state index is 11.3. The number of aliphatic hydroxyl groups is 1. The van der Waals surface area contributed by atoms with Crippen LogP contribution in [0.3, 0.4) is 0 Å². The lowest BCUT2D eigenvalue weighted by molar-refractivity contribution is -0.160. The summed E-state index contributed by atoms with van der Waals surface area (Å²) in [5.74, 6) is -0.937. The third-order valence-electron chi connectivity index (χ3n) is 4.15. The molecule has 21 heavy (non-hydrogen) atoms. The summed E-state index contributed by atoms with van der Waals surface area (Å²) in [6.07, 6.45) is -0.177. The van der Waals surface area contributed by atoms with Crippen molar-refractivity contribution in [2.45, 2.75) is 32.0 Å². The number of hydrogen-bond donors (Lipinski definition) is 2. The summed E-state index contributed by atoms with van der Waals surface area (Å²) in [4.78, 5) is 13.3. The molecule has 0 amide bonds. The van der Waals surface area contributed by atoms with Crippen molar-refractivity contribution in [3.8, 4) is 0 Å². The Labute approximate surface area is 125 Å². The van der Waals surface area contributed by atoms with Crippen molar-refractivity contribution in [2.24, 2.45) is 0 Å². The van der Waals surface area contributed by atoms with Crippen LogP contribution in [0.2, 0.25) is 0 Å². The first kappa shape index (κ1) is 15.9. The normalized spacial score (nSPS) is 24.2. The molecule has 5 nitrogen and oxygen atoms in total. The van der Waals surface area contributed by atoms with Gasteiger partial charge in [-0.2, -0.15) is 0 Å². The molecule has 0 saturated carbocycles. The molecule has 0 spiro atoms. The summed E-state index contributed by atoms with van der Waals surface area (Å²) < 4.78 is 5.19. The third-order valence-corrected chi connectivity index (χ3v) is 4.15. The number of carboxylic acid groups (broad SMARTS) is 1. The summed E-state index contributed by atoms with van der Waals surface area (Å²) in [7, 11) is 1.43. The zero-order valence-corrected chi connectivity index (χ0v) is 12.8. The van der Waals surface area contributed by atoms with E-state index in [2.05, 4.69) is 6.07 Å². The number of carboxylic acids is 1. The third kappa shape index (κ3) is 3.43. The van der Waals surface area contributed by atoms with E-state index in [1.54, 1.807) is 0 Å². The molecule has 1 saturated heterocycles. The highest BCUT2D eigenvalue weighted by Crippen LogP contribution is 2.27. The molecular weight excluding hydrogens is 270 g/mol. The number of aryl methyl sites for hydroxylation is 2. The van der Waals surface area contributed by atoms with E-state index in [-0.39, 0.29) is 0 Å². The molecule has 0 radical (unpaired) electrons. The lowest BCUT2D eigenvalue weighted by atomic mass is 10.0. The van der Waals surface area contributed by atoms with Crippen molar-refractivity contribution in [3.05, 3.63) is 34.9 Å². The van der Waals surface area contributed by atoms with Crippen LogP contribution in [0.4, 0.5) is 0 Å². The minimum absolute atomic E-state index is 0.306. The zero-order valence-electron chi connectivity index (χ0n) is 12.8. The molecule has 1 aliphatic rings. The van der Waals surface area contributed by atoms with Crippen molar-refractivity contribution in [3.63, 3.8) is 0 Å². The molecule has 2 atom stereocenters. The smallest absolute Gasteiger partial charge is 0.337 e. The van der Waals surface area contributed by atoms with Crippen LogP contribution in [-0.2, 0) is 9.53 Å². The van der Waals surface area contributed by atoms with E-state index < -0.39 is 17.7 Å². The maximum absolute atomic E-state index is 11.3. The van der Waals surface area contributed by atoms with Crippen LogP contribution in [0.15, 0.2) is 18.2 Å². The molecule has 1 aromatic rings. The monoisotopic (exact) mass is 293 g/mol. The predicted octanol–water partition coefficient (Wildman–Crippen LogP) is 1.51. The second-order valence-corrected chi connectivity index (χ2v) is 5.93. The summed E-state index contributed by atoms with van der Waals surface area (Å²) in [5.41, 5.74) is 1.96. The molecule has 0 bridgehead atoms. The Balaban J connectivity index is 2.04. The van der Waals surface area contributed by atoms with Crippen molar-refractivity contribution < 1.29 is 19.7 Å². The van der Waals surface area contributed by atoms with Crippen LogP contribution in [0.25, 0.3) is 0 Å². The van der Waals surface area contributed by atoms with Crippen LogP contribution in [0, 0.1) is 13.8 Å². The van der Waals surface area contributed by atoms with Gasteiger partial charge in [-0.3, -0.25) is 4.90 Å². The fraction of sp³-hybridized carbons (Fsp3) is 0.562. The fourth-order valence-electron chi connectivity index (χ4n) is 2.99. The van der Waals surface area contributed by atoms with Gasteiger partial charge in [0.15, 0.2) is 5.60 Å². The van der Waals surface area contributed by atoms with Gasteiger partial charge in [-0.05, 0) is 19.4 Å². The van der Waals surface area contributed by atoms with Crippen LogP contribution in [0.5, 0.6) is 0 Å². The summed E-state index contributed by atoms with van der Waals surface area (Å²) in [5, 5.41) is 19.7. The number of likely N-dealkylation sites (tertiary alicyclic amines) is 1. The average Bonchev–Trinajstić information content (AvgIpc) is 2.82. The Bertz CT molecular complexity index is 511. The summed E-state index contributed by atoms with van der Waals surface area (Å²) >= 11 is 0. The van der Waals surface area contributed by atoms with Gasteiger partial charge < -0.3 is 14.9 Å². The molecule has 1 aliphatic heterocycles. The van der Waals surface area contributed by atoms with E-state index >= 15 is 0 Å². The minimum atomic E-state index is -1.14. The highest BCUT2D eigenvalue weighted by Gasteiger charge is 2.45. The Kier molecular flexibility index (Phi) is 4.66. The van der Waals surface area contributed by atoms with E-state index in [0.717, 1.165) is 16.7 Å². The van der Waals surface area contributed by atoms with Crippen LogP contribution in [0.1, 0.15) is 29.2 Å². The van der Waals surface area contributed by atoms with Gasteiger partial charge in [-0.15, -0.1) is 0 Å². The number of aliphatic hydroxyl groups excluding tert-OH is 1. The van der Waals surface area contributed by atoms with E-state index in [9.17, 15) is 15.0 Å². The van der Waals surface area contributed by atoms with Crippen molar-refractivity contribution >= 4 is 5.97 Å². The molecule has 0 aliphatic carbocycles. The number of nitrogens with zero attached hydrogens (tertiary/aromatic N) is 1. The van der Waals surface area contributed by atoms with Gasteiger partial charge in [0, 0.05) is 33.2 Å². The topological polar surface area (TPSA) is 70.0 Å². The zero-order chi connectivity index (χ0) is 15.6. The van der Waals surface area contributed by atoms with Gasteiger partial charge in [-0.1, -0.05) is 29.3 Å². The standard InChI is InChI=1S/C16H23NO4/c1-11-6-12(2)8-13(7-11)14(18)9-17-5-4-16(10-17,21-3)15(19)20/h6-8,14,18H,4-5,9-10H2,1-3H3,(H,19,20). The van der Waals surface area contributed by atoms with Gasteiger partial charge >= 0.3 is 5.97 Å². The first-order chi connectivity index (χ1) is 9.86. The minimum Gasteiger partial charge on any atom is -0.479 e. The van der Waals surface area contributed by atoms with Gasteiger partial charge in [0.05, 0.1) is 6.10 Å². The van der Waals surface area contributed by atoms with Crippen molar-refractivity contribution in [2.75, 3.05) is 26.7 Å². The van der Waals surface area contributed by atoms with Gasteiger partial charge in [-0.25, -0.2) is 4.79 Å². The first-order valence-electron chi connectivity index (χ1n) is 7.13. The molecule has 2 unspecified atom stereocenters. The number of aliphatic carboxylic acids is 1. The summed E-state index contributed by atoms with van der Waals surface area (Å²) in [6.45, 7) is 5.34. The van der Waals surface area contributed by atoms with Crippen LogP contribution >= 0.6 is 0 Å². The molecule has 5 heteroatoms. The predicted molar refractivity (Wildman–Crippen MR) is 79.3 cm³/mol. The Hall–Kier alpha value is -1.43. The summed E-state index contributed by atoms with van der Waals surface area (Å²) in [6, 6.07) is 6.00. The quantitative estimate of drug-likeness (QED) is 0.861. The molecule has 1 heterocycles. The first-order valence-corrected chi connectivity index (χ1v) is 7.13. The fourth-order valence-corrected chi connectivity index (χ4v) is 2.99. The van der Waals surface area contributed by atoms with Gasteiger partial charge in [0.1, 0.15) is 0 Å². The van der Waals surface area contributed by atoms with E-state index in [1.807, 2.05) is 30.9 Å². The SMILES string of the molecule is COC1(C(=O)O)CCN(CC(O)c2cc(C)cc(C)c2)C1. The van der Waals surface area contributed by atoms with Crippen LogP contribution in [-0.4, -0.2) is 53.4 Å². The molecule has 2 rings (SSSR count). The molecule has 116 valence electrons. The highest BCUT2D eigenvalue weighted by atomic mass is 16.5. The van der Waals surface area contributed by atoms with Gasteiger partial charge in [0.2, 0.25) is 0 Å². The molecular formula is C16H23NO4. The van der Waals surface area contributed by atoms with Crippen LogP contribution < -0.4 is 0 Å². The molecule has 0 aromatic heterocycles. The maximum Gasteiger partial charge on any atom is 0.337 e. The Morgan fingerprint density at radius 2 is 2.00 bits per heavy atom. The Morgan fingerprint density at radius 1 is 1.38 bits per heavy atom. The van der Waals surface area contributed by atoms with Gasteiger partial charge in [0.25, 0.3) is 0 Å².